The molecular weight excluding hydrogens is 310 g/mol. The Morgan fingerprint density at radius 2 is 2.05 bits per heavy atom. The van der Waals surface area contributed by atoms with Gasteiger partial charge in [-0.1, -0.05) is 15.9 Å². The molecule has 0 bridgehead atoms. The second-order valence-electron chi connectivity index (χ2n) is 4.59. The van der Waals surface area contributed by atoms with E-state index in [0.29, 0.717) is 25.6 Å². The van der Waals surface area contributed by atoms with Gasteiger partial charge in [0.2, 0.25) is 5.91 Å². The first kappa shape index (κ1) is 14.3. The van der Waals surface area contributed by atoms with Crippen molar-refractivity contribution in [3.05, 3.63) is 28.7 Å². The lowest BCUT2D eigenvalue weighted by molar-refractivity contribution is -0.132. The number of hydrogen-bond acceptors (Lipinski definition) is 3. The molecule has 1 aliphatic carbocycles. The van der Waals surface area contributed by atoms with Crippen molar-refractivity contribution in [2.24, 2.45) is 0 Å². The molecule has 1 amide bonds. The van der Waals surface area contributed by atoms with Gasteiger partial charge in [0, 0.05) is 17.1 Å². The van der Waals surface area contributed by atoms with Gasteiger partial charge in [-0.2, -0.15) is 0 Å². The van der Waals surface area contributed by atoms with Gasteiger partial charge in [0.1, 0.15) is 5.75 Å². The molecule has 1 N–H and O–H groups in total. The van der Waals surface area contributed by atoms with Crippen LogP contribution in [0.5, 0.6) is 5.75 Å². The quantitative estimate of drug-likeness (QED) is 0.835. The molecule has 0 radical (unpaired) electrons. The van der Waals surface area contributed by atoms with Crippen molar-refractivity contribution in [2.45, 2.75) is 25.3 Å². The van der Waals surface area contributed by atoms with E-state index in [9.17, 15) is 4.79 Å². The van der Waals surface area contributed by atoms with Crippen LogP contribution in [0.25, 0.3) is 0 Å². The molecule has 5 heteroatoms. The van der Waals surface area contributed by atoms with Gasteiger partial charge >= 0.3 is 0 Å². The van der Waals surface area contributed by atoms with Gasteiger partial charge in [0.25, 0.3) is 0 Å². The van der Waals surface area contributed by atoms with Crippen LogP contribution in [0.2, 0.25) is 0 Å². The highest BCUT2D eigenvalue weighted by molar-refractivity contribution is 9.10. The smallest absolute Gasteiger partial charge is 0.226 e. The highest BCUT2D eigenvalue weighted by Crippen LogP contribution is 2.27. The Bertz CT molecular complexity index is 417. The third-order valence-electron chi connectivity index (χ3n) is 3.05. The van der Waals surface area contributed by atoms with Crippen LogP contribution in [-0.2, 0) is 4.79 Å². The van der Waals surface area contributed by atoms with Crippen LogP contribution in [0.1, 0.15) is 19.3 Å². The van der Waals surface area contributed by atoms with Gasteiger partial charge in [-0.25, -0.2) is 0 Å². The van der Waals surface area contributed by atoms with Gasteiger partial charge in [-0.3, -0.25) is 4.79 Å². The molecular formula is C14H18BrNO3. The van der Waals surface area contributed by atoms with E-state index >= 15 is 0 Å². The van der Waals surface area contributed by atoms with Crippen molar-refractivity contribution in [3.8, 4) is 5.75 Å². The Hall–Kier alpha value is -1.07. The lowest BCUT2D eigenvalue weighted by Gasteiger charge is -2.21. The summed E-state index contributed by atoms with van der Waals surface area (Å²) in [6, 6.07) is 7.87. The zero-order valence-corrected chi connectivity index (χ0v) is 12.3. The highest BCUT2D eigenvalue weighted by atomic mass is 79.9. The first-order valence-electron chi connectivity index (χ1n) is 6.49. The SMILES string of the molecule is O=C(CCOc1ccc(Br)cc1)N(CCO)C1CC1. The van der Waals surface area contributed by atoms with E-state index in [2.05, 4.69) is 15.9 Å². The van der Waals surface area contributed by atoms with Crippen LogP contribution in [0.3, 0.4) is 0 Å². The predicted molar refractivity (Wildman–Crippen MR) is 76.1 cm³/mol. The monoisotopic (exact) mass is 327 g/mol. The Balaban J connectivity index is 1.75. The molecule has 0 atom stereocenters. The maximum absolute atomic E-state index is 12.0. The number of carbonyl (C=O) groups excluding carboxylic acids is 1. The Morgan fingerprint density at radius 1 is 1.37 bits per heavy atom. The van der Waals surface area contributed by atoms with Gasteiger partial charge in [-0.05, 0) is 37.1 Å². The predicted octanol–water partition coefficient (Wildman–Crippen LogP) is 2.20. The van der Waals surface area contributed by atoms with Crippen LogP contribution in [0.4, 0.5) is 0 Å². The Morgan fingerprint density at radius 3 is 2.63 bits per heavy atom. The summed E-state index contributed by atoms with van der Waals surface area (Å²) in [6.07, 6.45) is 2.46. The molecule has 0 heterocycles. The minimum atomic E-state index is 0.0236. The van der Waals surface area contributed by atoms with E-state index in [-0.39, 0.29) is 12.5 Å². The first-order valence-corrected chi connectivity index (χ1v) is 7.28. The summed E-state index contributed by atoms with van der Waals surface area (Å²) in [5, 5.41) is 8.96. The molecule has 0 unspecified atom stereocenters. The van der Waals surface area contributed by atoms with Crippen LogP contribution < -0.4 is 4.74 Å². The van der Waals surface area contributed by atoms with Crippen molar-refractivity contribution >= 4 is 21.8 Å². The molecule has 4 nitrogen and oxygen atoms in total. The van der Waals surface area contributed by atoms with E-state index < -0.39 is 0 Å². The summed E-state index contributed by atoms with van der Waals surface area (Å²) in [5.41, 5.74) is 0. The minimum Gasteiger partial charge on any atom is -0.493 e. The van der Waals surface area contributed by atoms with E-state index in [1.165, 1.54) is 0 Å². The van der Waals surface area contributed by atoms with E-state index in [1.54, 1.807) is 4.90 Å². The molecule has 0 aromatic heterocycles. The van der Waals surface area contributed by atoms with Crippen LogP contribution in [-0.4, -0.2) is 41.7 Å². The van der Waals surface area contributed by atoms with E-state index in [0.717, 1.165) is 23.1 Å². The number of carbonyl (C=O) groups is 1. The molecule has 0 spiro atoms. The zero-order valence-electron chi connectivity index (χ0n) is 10.7. The van der Waals surface area contributed by atoms with Gasteiger partial charge in [-0.15, -0.1) is 0 Å². The average Bonchev–Trinajstić information content (AvgIpc) is 3.22. The fourth-order valence-electron chi connectivity index (χ4n) is 1.94. The maximum Gasteiger partial charge on any atom is 0.226 e. The summed E-state index contributed by atoms with van der Waals surface area (Å²) in [7, 11) is 0. The normalized spacial score (nSPS) is 14.2. The van der Waals surface area contributed by atoms with Crippen LogP contribution >= 0.6 is 15.9 Å². The molecule has 1 aromatic rings. The number of rotatable bonds is 7. The van der Waals surface area contributed by atoms with Crippen molar-refractivity contribution in [1.82, 2.24) is 4.90 Å². The Labute approximate surface area is 121 Å². The summed E-state index contributed by atoms with van der Waals surface area (Å²) in [4.78, 5) is 13.8. The molecule has 1 saturated carbocycles. The summed E-state index contributed by atoms with van der Waals surface area (Å²) < 4.78 is 6.53. The third kappa shape index (κ3) is 4.51. The van der Waals surface area contributed by atoms with E-state index in [1.807, 2.05) is 24.3 Å². The summed E-state index contributed by atoms with van der Waals surface area (Å²) in [6.45, 7) is 0.826. The number of amides is 1. The second kappa shape index (κ2) is 6.91. The lowest BCUT2D eigenvalue weighted by atomic mass is 10.3. The molecule has 2 rings (SSSR count). The zero-order chi connectivity index (χ0) is 13.7. The van der Waals surface area contributed by atoms with Gasteiger partial charge < -0.3 is 14.7 Å². The van der Waals surface area contributed by atoms with Gasteiger partial charge in [0.05, 0.1) is 19.6 Å². The molecule has 104 valence electrons. The van der Waals surface area contributed by atoms with E-state index in [4.69, 9.17) is 9.84 Å². The number of nitrogens with zero attached hydrogens (tertiary/aromatic N) is 1. The fraction of sp³-hybridized carbons (Fsp3) is 0.500. The number of benzene rings is 1. The molecule has 0 aliphatic heterocycles. The maximum atomic E-state index is 12.0. The topological polar surface area (TPSA) is 49.8 Å². The molecule has 1 fully saturated rings. The molecule has 0 saturated heterocycles. The number of halogens is 1. The van der Waals surface area contributed by atoms with Crippen molar-refractivity contribution in [1.29, 1.82) is 0 Å². The molecule has 1 aliphatic rings. The number of aliphatic hydroxyl groups excluding tert-OH is 1. The first-order chi connectivity index (χ1) is 9.20. The largest absolute Gasteiger partial charge is 0.493 e. The highest BCUT2D eigenvalue weighted by Gasteiger charge is 2.31. The standard InChI is InChI=1S/C14H18BrNO3/c15-11-1-5-13(6-2-11)19-10-7-14(18)16(8-9-17)12-3-4-12/h1-2,5-6,12,17H,3-4,7-10H2. The molecule has 1 aromatic carbocycles. The Kier molecular flexibility index (Phi) is 5.22. The van der Waals surface area contributed by atoms with Crippen molar-refractivity contribution in [3.63, 3.8) is 0 Å². The third-order valence-corrected chi connectivity index (χ3v) is 3.58. The number of hydrogen-bond donors (Lipinski definition) is 1. The number of aliphatic hydroxyl groups is 1. The molecule has 19 heavy (non-hydrogen) atoms. The summed E-state index contributed by atoms with van der Waals surface area (Å²) in [5.74, 6) is 0.824. The average molecular weight is 328 g/mol. The minimum absolute atomic E-state index is 0.0236. The summed E-state index contributed by atoms with van der Waals surface area (Å²) >= 11 is 3.36. The lowest BCUT2D eigenvalue weighted by Crippen LogP contribution is -2.36. The van der Waals surface area contributed by atoms with Crippen molar-refractivity contribution < 1.29 is 14.6 Å². The second-order valence-corrected chi connectivity index (χ2v) is 5.51. The fourth-order valence-corrected chi connectivity index (χ4v) is 2.20. The van der Waals surface area contributed by atoms with Crippen LogP contribution in [0.15, 0.2) is 28.7 Å². The van der Waals surface area contributed by atoms with Crippen LogP contribution in [0, 0.1) is 0 Å². The van der Waals surface area contributed by atoms with Crippen molar-refractivity contribution in [2.75, 3.05) is 19.8 Å². The number of ether oxygens (including phenoxy) is 1. The van der Waals surface area contributed by atoms with Gasteiger partial charge in [0.15, 0.2) is 0 Å².